The number of rotatable bonds is 5. The lowest BCUT2D eigenvalue weighted by Crippen LogP contribution is -2.16. The predicted molar refractivity (Wildman–Crippen MR) is 157 cm³/mol. The van der Waals surface area contributed by atoms with E-state index in [2.05, 4.69) is 25.3 Å². The first-order valence-electron chi connectivity index (χ1n) is 13.2. The van der Waals surface area contributed by atoms with Crippen molar-refractivity contribution in [2.45, 2.75) is 26.9 Å². The summed E-state index contributed by atoms with van der Waals surface area (Å²) >= 11 is 0. The second-order valence-electron chi connectivity index (χ2n) is 10.1. The summed E-state index contributed by atoms with van der Waals surface area (Å²) in [6, 6.07) is 14.2. The third kappa shape index (κ3) is 5.30. The normalized spacial score (nSPS) is 11.7. The Morgan fingerprint density at radius 1 is 0.930 bits per heavy atom. The van der Waals surface area contributed by atoms with E-state index in [1.807, 2.05) is 35.9 Å². The molecule has 0 radical (unpaired) electrons. The first-order chi connectivity index (χ1) is 20.5. The van der Waals surface area contributed by atoms with Crippen LogP contribution in [-0.2, 0) is 6.18 Å². The van der Waals surface area contributed by atoms with Crippen LogP contribution in [0, 0.1) is 20.8 Å². The van der Waals surface area contributed by atoms with Crippen molar-refractivity contribution >= 4 is 28.3 Å². The van der Waals surface area contributed by atoms with Gasteiger partial charge in [-0.05, 0) is 68.8 Å². The van der Waals surface area contributed by atoms with Crippen LogP contribution in [-0.4, -0.2) is 35.0 Å². The molecule has 0 aliphatic carbocycles. The molecule has 0 atom stereocenters. The lowest BCUT2D eigenvalue weighted by molar-refractivity contribution is -0.137. The number of pyridine rings is 1. The van der Waals surface area contributed by atoms with Crippen LogP contribution in [0.5, 0.6) is 0 Å². The molecule has 0 fully saturated rings. The standard InChI is InChI=1S/C31H25F3N8O/c1-17-4-6-22(11-23(17)25-12-27-21(14-36-25)8-9-41(27)29-13-28(35)37-16-38-29)40-30(43)20-5-7-26(24(10-20)31(32,33)34)42-15-18(2)39-19(42)3/h4-16H,1-3H3,(H,40,43)(H2,35,37,38). The van der Waals surface area contributed by atoms with Crippen LogP contribution in [0.3, 0.4) is 0 Å². The summed E-state index contributed by atoms with van der Waals surface area (Å²) < 4.78 is 45.5. The van der Waals surface area contributed by atoms with Gasteiger partial charge < -0.3 is 20.2 Å². The van der Waals surface area contributed by atoms with Crippen molar-refractivity contribution in [1.82, 2.24) is 29.1 Å². The molecule has 0 unspecified atom stereocenters. The van der Waals surface area contributed by atoms with E-state index in [1.54, 1.807) is 38.2 Å². The maximum Gasteiger partial charge on any atom is 0.418 e. The zero-order valence-corrected chi connectivity index (χ0v) is 23.3. The molecule has 0 aliphatic heterocycles. The number of nitrogens with zero attached hydrogens (tertiary/aromatic N) is 6. The minimum atomic E-state index is -4.69. The third-order valence-corrected chi connectivity index (χ3v) is 7.09. The highest BCUT2D eigenvalue weighted by Gasteiger charge is 2.35. The SMILES string of the molecule is Cc1cn(-c2ccc(C(=O)Nc3ccc(C)c(-c4cc5c(ccn5-c5cc(N)ncn5)cn4)c3)cc2C(F)(F)F)c(C)n1. The number of carbonyl (C=O) groups is 1. The zero-order chi connectivity index (χ0) is 30.5. The average Bonchev–Trinajstić information content (AvgIpc) is 3.54. The van der Waals surface area contributed by atoms with E-state index in [9.17, 15) is 18.0 Å². The summed E-state index contributed by atoms with van der Waals surface area (Å²) in [5.41, 5.74) is 8.78. The molecule has 2 aromatic carbocycles. The highest BCUT2D eigenvalue weighted by molar-refractivity contribution is 6.05. The summed E-state index contributed by atoms with van der Waals surface area (Å²) in [7, 11) is 0. The zero-order valence-electron chi connectivity index (χ0n) is 23.3. The number of nitrogens with one attached hydrogen (secondary N) is 1. The van der Waals surface area contributed by atoms with Crippen LogP contribution < -0.4 is 11.1 Å². The number of fused-ring (bicyclic) bond motifs is 1. The first kappa shape index (κ1) is 27.6. The number of carbonyl (C=O) groups excluding carboxylic acids is 1. The Labute approximate surface area is 243 Å². The molecule has 4 heterocycles. The van der Waals surface area contributed by atoms with Gasteiger partial charge in [-0.2, -0.15) is 13.2 Å². The number of anilines is 2. The summed E-state index contributed by atoms with van der Waals surface area (Å²) in [5.74, 6) is 0.668. The van der Waals surface area contributed by atoms with Gasteiger partial charge in [-0.25, -0.2) is 15.0 Å². The van der Waals surface area contributed by atoms with Crippen LogP contribution in [0.2, 0.25) is 0 Å². The van der Waals surface area contributed by atoms with Crippen LogP contribution in [0.4, 0.5) is 24.7 Å². The summed E-state index contributed by atoms with van der Waals surface area (Å²) in [6.45, 7) is 5.23. The van der Waals surface area contributed by atoms with Gasteiger partial charge in [0.1, 0.15) is 23.8 Å². The molecule has 12 heteroatoms. The average molecular weight is 583 g/mol. The molecule has 0 bridgehead atoms. The Bertz CT molecular complexity index is 2030. The number of nitrogens with two attached hydrogens (primary N) is 1. The number of aromatic nitrogens is 6. The first-order valence-corrected chi connectivity index (χ1v) is 13.2. The molecule has 216 valence electrons. The third-order valence-electron chi connectivity index (χ3n) is 7.09. The molecule has 3 N–H and O–H groups in total. The van der Waals surface area contributed by atoms with Gasteiger partial charge in [0, 0.05) is 46.9 Å². The Kier molecular flexibility index (Phi) is 6.68. The van der Waals surface area contributed by atoms with Gasteiger partial charge in [0.25, 0.3) is 5.91 Å². The van der Waals surface area contributed by atoms with E-state index in [1.165, 1.54) is 29.2 Å². The van der Waals surface area contributed by atoms with Crippen molar-refractivity contribution in [1.29, 1.82) is 0 Å². The van der Waals surface area contributed by atoms with E-state index in [-0.39, 0.29) is 11.3 Å². The van der Waals surface area contributed by atoms with Gasteiger partial charge >= 0.3 is 6.18 Å². The van der Waals surface area contributed by atoms with E-state index in [4.69, 9.17) is 5.73 Å². The summed E-state index contributed by atoms with van der Waals surface area (Å²) in [5, 5.41) is 3.62. The molecule has 6 rings (SSSR count). The maximum absolute atomic E-state index is 14.1. The predicted octanol–water partition coefficient (Wildman–Crippen LogP) is 6.45. The number of nitrogen functional groups attached to an aromatic ring is 1. The van der Waals surface area contributed by atoms with E-state index in [0.29, 0.717) is 34.5 Å². The molecule has 1 amide bonds. The van der Waals surface area contributed by atoms with E-state index < -0.39 is 17.6 Å². The van der Waals surface area contributed by atoms with Crippen molar-refractivity contribution in [2.24, 2.45) is 0 Å². The molecule has 43 heavy (non-hydrogen) atoms. The number of halogens is 3. The summed E-state index contributed by atoms with van der Waals surface area (Å²) in [4.78, 5) is 30.2. The van der Waals surface area contributed by atoms with Gasteiger partial charge in [0.05, 0.1) is 28.2 Å². The monoisotopic (exact) mass is 582 g/mol. The Morgan fingerprint density at radius 2 is 1.74 bits per heavy atom. The molecule has 4 aromatic heterocycles. The van der Waals surface area contributed by atoms with Crippen molar-refractivity contribution in [3.8, 4) is 22.8 Å². The fourth-order valence-corrected chi connectivity index (χ4v) is 5.02. The minimum Gasteiger partial charge on any atom is -0.384 e. The quantitative estimate of drug-likeness (QED) is 0.241. The number of aryl methyl sites for hydroxylation is 3. The van der Waals surface area contributed by atoms with E-state index in [0.717, 1.165) is 28.1 Å². The number of benzene rings is 2. The molecular weight excluding hydrogens is 557 g/mol. The Hall–Kier alpha value is -5.52. The van der Waals surface area contributed by atoms with Crippen molar-refractivity contribution in [3.05, 3.63) is 108 Å². The van der Waals surface area contributed by atoms with Crippen molar-refractivity contribution in [2.75, 3.05) is 11.1 Å². The largest absolute Gasteiger partial charge is 0.418 e. The minimum absolute atomic E-state index is 0.101. The number of hydrogen-bond donors (Lipinski definition) is 2. The molecule has 0 spiro atoms. The number of hydrogen-bond acceptors (Lipinski definition) is 6. The van der Waals surface area contributed by atoms with Gasteiger partial charge in [-0.3, -0.25) is 9.78 Å². The van der Waals surface area contributed by atoms with Crippen molar-refractivity contribution < 1.29 is 18.0 Å². The maximum atomic E-state index is 14.1. The number of imidazole rings is 1. The van der Waals surface area contributed by atoms with Gasteiger partial charge in [-0.1, -0.05) is 6.07 Å². The number of alkyl halides is 3. The van der Waals surface area contributed by atoms with Crippen LogP contribution in [0.15, 0.2) is 79.5 Å². The summed E-state index contributed by atoms with van der Waals surface area (Å²) in [6.07, 6.45) is 1.82. The topological polar surface area (TPSA) is 117 Å². The Balaban J connectivity index is 1.33. The highest BCUT2D eigenvalue weighted by Crippen LogP contribution is 2.36. The van der Waals surface area contributed by atoms with Crippen molar-refractivity contribution in [3.63, 3.8) is 0 Å². The van der Waals surface area contributed by atoms with Gasteiger partial charge in [-0.15, -0.1) is 0 Å². The molecular formula is C31H25F3N8O. The lowest BCUT2D eigenvalue weighted by atomic mass is 10.0. The molecule has 0 aliphatic rings. The highest BCUT2D eigenvalue weighted by atomic mass is 19.4. The van der Waals surface area contributed by atoms with Gasteiger partial charge in [0.15, 0.2) is 0 Å². The fourth-order valence-electron chi connectivity index (χ4n) is 5.02. The Morgan fingerprint density at radius 3 is 2.47 bits per heavy atom. The molecule has 6 aromatic rings. The molecule has 9 nitrogen and oxygen atoms in total. The molecule has 0 saturated carbocycles. The molecule has 0 saturated heterocycles. The van der Waals surface area contributed by atoms with Gasteiger partial charge in [0.2, 0.25) is 0 Å². The van der Waals surface area contributed by atoms with Crippen LogP contribution in [0.25, 0.3) is 33.7 Å². The lowest BCUT2D eigenvalue weighted by Gasteiger charge is -2.16. The van der Waals surface area contributed by atoms with Crippen LogP contribution in [0.1, 0.15) is 33.0 Å². The second kappa shape index (κ2) is 10.4. The van der Waals surface area contributed by atoms with Crippen LogP contribution >= 0.6 is 0 Å². The second-order valence-corrected chi connectivity index (χ2v) is 10.1. The van der Waals surface area contributed by atoms with E-state index >= 15 is 0 Å². The fraction of sp³-hybridized carbons (Fsp3) is 0.129. The smallest absolute Gasteiger partial charge is 0.384 e. The number of amides is 1.